The number of hydrogen-bond acceptors (Lipinski definition) is 2. The van der Waals surface area contributed by atoms with Crippen LogP contribution in [0, 0.1) is 22.7 Å². The van der Waals surface area contributed by atoms with Crippen LogP contribution in [-0.2, 0) is 6.42 Å². The Morgan fingerprint density at radius 1 is 1.42 bits per heavy atom. The number of nitriles is 1. The SMILES string of the molecule is CCC1CCC(C#N)(Cc2csc3ccccc23)C1. The molecule has 0 spiro atoms. The highest BCUT2D eigenvalue weighted by Crippen LogP contribution is 2.46. The highest BCUT2D eigenvalue weighted by molar-refractivity contribution is 7.17. The van der Waals surface area contributed by atoms with E-state index in [1.54, 1.807) is 11.3 Å². The summed E-state index contributed by atoms with van der Waals surface area (Å²) in [6.45, 7) is 2.25. The minimum Gasteiger partial charge on any atom is -0.198 e. The Morgan fingerprint density at radius 2 is 2.26 bits per heavy atom. The summed E-state index contributed by atoms with van der Waals surface area (Å²) in [6, 6.07) is 11.2. The van der Waals surface area contributed by atoms with Crippen molar-refractivity contribution in [2.75, 3.05) is 0 Å². The molecule has 1 aromatic heterocycles. The van der Waals surface area contributed by atoms with Crippen molar-refractivity contribution in [1.29, 1.82) is 5.26 Å². The number of nitrogens with zero attached hydrogens (tertiary/aromatic N) is 1. The average molecular weight is 269 g/mol. The normalized spacial score (nSPS) is 26.6. The Bertz CT molecular complexity index is 621. The van der Waals surface area contributed by atoms with Crippen molar-refractivity contribution in [1.82, 2.24) is 0 Å². The van der Waals surface area contributed by atoms with Gasteiger partial charge < -0.3 is 0 Å². The minimum absolute atomic E-state index is 0.107. The van der Waals surface area contributed by atoms with E-state index in [-0.39, 0.29) is 5.41 Å². The first-order valence-corrected chi connectivity index (χ1v) is 8.01. The highest BCUT2D eigenvalue weighted by Gasteiger charge is 2.39. The van der Waals surface area contributed by atoms with E-state index in [1.807, 2.05) is 0 Å². The zero-order valence-electron chi connectivity index (χ0n) is 11.4. The summed E-state index contributed by atoms with van der Waals surface area (Å²) in [5, 5.41) is 13.3. The van der Waals surface area contributed by atoms with Crippen molar-refractivity contribution in [2.45, 2.75) is 39.0 Å². The van der Waals surface area contributed by atoms with Crippen LogP contribution in [0.15, 0.2) is 29.6 Å². The van der Waals surface area contributed by atoms with E-state index in [0.29, 0.717) is 0 Å². The molecule has 0 amide bonds. The number of thiophene rings is 1. The fourth-order valence-corrected chi connectivity index (χ4v) is 4.38. The lowest BCUT2D eigenvalue weighted by Gasteiger charge is -2.20. The Balaban J connectivity index is 1.90. The van der Waals surface area contributed by atoms with Crippen LogP contribution in [0.4, 0.5) is 0 Å². The molecule has 0 saturated heterocycles. The van der Waals surface area contributed by atoms with E-state index in [9.17, 15) is 5.26 Å². The van der Waals surface area contributed by atoms with Gasteiger partial charge in [0.2, 0.25) is 0 Å². The van der Waals surface area contributed by atoms with Gasteiger partial charge >= 0.3 is 0 Å². The van der Waals surface area contributed by atoms with Crippen molar-refractivity contribution in [3.05, 3.63) is 35.2 Å². The molecule has 1 aromatic carbocycles. The summed E-state index contributed by atoms with van der Waals surface area (Å²) in [5.41, 5.74) is 1.27. The van der Waals surface area contributed by atoms with Crippen LogP contribution in [-0.4, -0.2) is 0 Å². The van der Waals surface area contributed by atoms with Gasteiger partial charge in [-0.1, -0.05) is 31.5 Å². The van der Waals surface area contributed by atoms with Crippen LogP contribution in [0.25, 0.3) is 10.1 Å². The molecule has 19 heavy (non-hydrogen) atoms. The van der Waals surface area contributed by atoms with Gasteiger partial charge in [-0.15, -0.1) is 11.3 Å². The Labute approximate surface area is 118 Å². The van der Waals surface area contributed by atoms with E-state index in [0.717, 1.165) is 25.2 Å². The van der Waals surface area contributed by atoms with Gasteiger partial charge in [0.25, 0.3) is 0 Å². The first-order valence-electron chi connectivity index (χ1n) is 7.13. The molecule has 0 N–H and O–H groups in total. The smallest absolute Gasteiger partial charge is 0.0693 e. The van der Waals surface area contributed by atoms with E-state index in [2.05, 4.69) is 42.6 Å². The van der Waals surface area contributed by atoms with Crippen LogP contribution in [0.3, 0.4) is 0 Å². The fraction of sp³-hybridized carbons (Fsp3) is 0.471. The third-order valence-electron chi connectivity index (χ3n) is 4.62. The van der Waals surface area contributed by atoms with Crippen molar-refractivity contribution < 1.29 is 0 Å². The molecule has 2 atom stereocenters. The lowest BCUT2D eigenvalue weighted by Crippen LogP contribution is -2.17. The Hall–Kier alpha value is -1.33. The maximum atomic E-state index is 9.65. The van der Waals surface area contributed by atoms with E-state index in [4.69, 9.17) is 0 Å². The molecular weight excluding hydrogens is 250 g/mol. The third kappa shape index (κ3) is 2.28. The summed E-state index contributed by atoms with van der Waals surface area (Å²) in [6.07, 6.45) is 5.54. The standard InChI is InChI=1S/C17H19NS/c1-2-13-7-8-17(9-13,12-18)10-14-11-19-16-6-4-3-5-15(14)16/h3-6,11,13H,2,7-10H2,1H3. The van der Waals surface area contributed by atoms with E-state index in [1.165, 1.54) is 28.5 Å². The highest BCUT2D eigenvalue weighted by atomic mass is 32.1. The molecular formula is C17H19NS. The number of rotatable bonds is 3. The Morgan fingerprint density at radius 3 is 3.00 bits per heavy atom. The van der Waals surface area contributed by atoms with E-state index < -0.39 is 0 Å². The van der Waals surface area contributed by atoms with Gasteiger partial charge in [-0.25, -0.2) is 0 Å². The number of fused-ring (bicyclic) bond motifs is 1. The van der Waals surface area contributed by atoms with Crippen LogP contribution in [0.1, 0.15) is 38.2 Å². The van der Waals surface area contributed by atoms with Crippen molar-refractivity contribution in [3.63, 3.8) is 0 Å². The predicted octanol–water partition coefficient (Wildman–Crippen LogP) is 5.16. The van der Waals surface area contributed by atoms with Gasteiger partial charge in [-0.3, -0.25) is 0 Å². The van der Waals surface area contributed by atoms with Gasteiger partial charge in [0.05, 0.1) is 11.5 Å². The quantitative estimate of drug-likeness (QED) is 0.754. The topological polar surface area (TPSA) is 23.8 Å². The molecule has 1 fully saturated rings. The number of hydrogen-bond donors (Lipinski definition) is 0. The van der Waals surface area contributed by atoms with Gasteiger partial charge in [-0.05, 0) is 54.0 Å². The minimum atomic E-state index is -0.107. The maximum absolute atomic E-state index is 9.65. The Kier molecular flexibility index (Phi) is 3.33. The van der Waals surface area contributed by atoms with Gasteiger partial charge in [0, 0.05) is 4.70 Å². The molecule has 1 heterocycles. The first-order chi connectivity index (χ1) is 9.26. The average Bonchev–Trinajstić information content (AvgIpc) is 3.05. The predicted molar refractivity (Wildman–Crippen MR) is 81.2 cm³/mol. The summed E-state index contributed by atoms with van der Waals surface area (Å²) in [7, 11) is 0. The fourth-order valence-electron chi connectivity index (χ4n) is 3.42. The largest absolute Gasteiger partial charge is 0.198 e. The molecule has 98 valence electrons. The lowest BCUT2D eigenvalue weighted by atomic mass is 9.80. The third-order valence-corrected chi connectivity index (χ3v) is 5.63. The van der Waals surface area contributed by atoms with Crippen molar-refractivity contribution in [2.24, 2.45) is 11.3 Å². The monoisotopic (exact) mass is 269 g/mol. The molecule has 1 aliphatic carbocycles. The van der Waals surface area contributed by atoms with Gasteiger partial charge in [0.15, 0.2) is 0 Å². The summed E-state index contributed by atoms with van der Waals surface area (Å²) in [4.78, 5) is 0. The van der Waals surface area contributed by atoms with Gasteiger partial charge in [0.1, 0.15) is 0 Å². The molecule has 2 aromatic rings. The molecule has 3 rings (SSSR count). The van der Waals surface area contributed by atoms with Crippen molar-refractivity contribution in [3.8, 4) is 6.07 Å². The number of benzene rings is 1. The molecule has 1 saturated carbocycles. The molecule has 2 heteroatoms. The van der Waals surface area contributed by atoms with Crippen LogP contribution < -0.4 is 0 Å². The summed E-state index contributed by atoms with van der Waals surface area (Å²) in [5.74, 6) is 0.754. The lowest BCUT2D eigenvalue weighted by molar-refractivity contribution is 0.382. The summed E-state index contributed by atoms with van der Waals surface area (Å²) < 4.78 is 1.34. The second-order valence-electron chi connectivity index (χ2n) is 5.84. The first kappa shape index (κ1) is 12.7. The molecule has 1 aliphatic rings. The van der Waals surface area contributed by atoms with Crippen LogP contribution in [0.5, 0.6) is 0 Å². The van der Waals surface area contributed by atoms with E-state index >= 15 is 0 Å². The molecule has 0 aliphatic heterocycles. The molecule has 0 bridgehead atoms. The molecule has 1 nitrogen and oxygen atoms in total. The second-order valence-corrected chi connectivity index (χ2v) is 6.75. The van der Waals surface area contributed by atoms with Gasteiger partial charge in [-0.2, -0.15) is 5.26 Å². The van der Waals surface area contributed by atoms with Crippen molar-refractivity contribution >= 4 is 21.4 Å². The van der Waals surface area contributed by atoms with Crippen LogP contribution in [0.2, 0.25) is 0 Å². The second kappa shape index (κ2) is 4.98. The zero-order chi connectivity index (χ0) is 13.3. The summed E-state index contributed by atoms with van der Waals surface area (Å²) >= 11 is 1.80. The molecule has 0 radical (unpaired) electrons. The van der Waals surface area contributed by atoms with Crippen LogP contribution >= 0.6 is 11.3 Å². The zero-order valence-corrected chi connectivity index (χ0v) is 12.2. The molecule has 2 unspecified atom stereocenters. The maximum Gasteiger partial charge on any atom is 0.0693 e.